The van der Waals surface area contributed by atoms with E-state index in [1.807, 2.05) is 30.3 Å². The molecule has 118 valence electrons. The van der Waals surface area contributed by atoms with Crippen LogP contribution >= 0.6 is 0 Å². The van der Waals surface area contributed by atoms with Gasteiger partial charge in [-0.05, 0) is 61.6 Å². The highest BCUT2D eigenvalue weighted by molar-refractivity contribution is 5.33. The summed E-state index contributed by atoms with van der Waals surface area (Å²) in [4.78, 5) is 0. The van der Waals surface area contributed by atoms with Gasteiger partial charge in [0.2, 0.25) is 0 Å². The van der Waals surface area contributed by atoms with Crippen molar-refractivity contribution in [1.82, 2.24) is 0 Å². The van der Waals surface area contributed by atoms with E-state index in [1.165, 1.54) is 5.56 Å². The zero-order valence-corrected chi connectivity index (χ0v) is 12.4. The van der Waals surface area contributed by atoms with Gasteiger partial charge in [-0.15, -0.1) is 0 Å². The molecule has 1 fully saturated rings. The molecule has 0 spiro atoms. The van der Waals surface area contributed by atoms with Crippen molar-refractivity contribution in [2.24, 2.45) is 5.92 Å². The van der Waals surface area contributed by atoms with Gasteiger partial charge in [0.25, 0.3) is 0 Å². The van der Waals surface area contributed by atoms with Crippen LogP contribution in [0.25, 0.3) is 0 Å². The lowest BCUT2D eigenvalue weighted by molar-refractivity contribution is -0.133. The predicted molar refractivity (Wildman–Crippen MR) is 80.3 cm³/mol. The molecular weight excluding hydrogens is 287 g/mol. The van der Waals surface area contributed by atoms with E-state index >= 15 is 0 Å². The van der Waals surface area contributed by atoms with Gasteiger partial charge in [-0.2, -0.15) is 18.4 Å². The van der Waals surface area contributed by atoms with Crippen molar-refractivity contribution in [3.05, 3.63) is 47.5 Å². The summed E-state index contributed by atoms with van der Waals surface area (Å²) in [6.45, 7) is 0. The molecule has 0 bridgehead atoms. The third kappa shape index (κ3) is 5.22. The number of hydrogen-bond donors (Lipinski definition) is 0. The maximum absolute atomic E-state index is 12.1. The predicted octanol–water partition coefficient (Wildman–Crippen LogP) is 5.73. The minimum absolute atomic E-state index is 0.0824. The molecule has 0 aromatic heterocycles. The van der Waals surface area contributed by atoms with E-state index in [0.29, 0.717) is 17.4 Å². The fourth-order valence-electron chi connectivity index (χ4n) is 3.01. The molecule has 0 amide bonds. The molecule has 0 saturated heterocycles. The summed E-state index contributed by atoms with van der Waals surface area (Å²) < 4.78 is 36.2. The second-order valence-corrected chi connectivity index (χ2v) is 5.93. The van der Waals surface area contributed by atoms with Crippen LogP contribution < -0.4 is 0 Å². The number of benzene rings is 1. The summed E-state index contributed by atoms with van der Waals surface area (Å²) in [6, 6.07) is 9.84. The zero-order valence-electron chi connectivity index (χ0n) is 12.4. The summed E-state index contributed by atoms with van der Waals surface area (Å²) in [5.41, 5.74) is 1.93. The fourth-order valence-corrected chi connectivity index (χ4v) is 3.01. The Morgan fingerprint density at radius 2 is 1.73 bits per heavy atom. The summed E-state index contributed by atoms with van der Waals surface area (Å²) in [5.74, 6) is 0.912. The molecule has 0 heterocycles. The molecule has 0 N–H and O–H groups in total. The first kappa shape index (κ1) is 16.6. The van der Waals surface area contributed by atoms with E-state index in [-0.39, 0.29) is 6.42 Å². The second-order valence-electron chi connectivity index (χ2n) is 5.93. The van der Waals surface area contributed by atoms with Crippen LogP contribution in [0.15, 0.2) is 36.4 Å². The average Bonchev–Trinajstić information content (AvgIpc) is 2.51. The average molecular weight is 307 g/mol. The zero-order chi connectivity index (χ0) is 16.0. The Kier molecular flexibility index (Phi) is 5.65. The number of nitrogens with zero attached hydrogens (tertiary/aromatic N) is 1. The molecule has 4 heteroatoms. The minimum atomic E-state index is -4.06. The first-order valence-electron chi connectivity index (χ1n) is 7.71. The van der Waals surface area contributed by atoms with Gasteiger partial charge in [0.1, 0.15) is 0 Å². The maximum Gasteiger partial charge on any atom is 0.389 e. The topological polar surface area (TPSA) is 23.8 Å². The SMILES string of the molecule is N#Cc1ccc([C@H]2CC[C@H](/C=C/CCC(F)(F)F)CC2)cc1. The minimum Gasteiger partial charge on any atom is -0.192 e. The van der Waals surface area contributed by atoms with Gasteiger partial charge in [0, 0.05) is 6.42 Å². The van der Waals surface area contributed by atoms with Gasteiger partial charge in [-0.1, -0.05) is 24.3 Å². The van der Waals surface area contributed by atoms with Crippen LogP contribution in [0.5, 0.6) is 0 Å². The summed E-state index contributed by atoms with van der Waals surface area (Å²) in [6.07, 6.45) is 3.09. The van der Waals surface area contributed by atoms with Crippen LogP contribution in [0.2, 0.25) is 0 Å². The van der Waals surface area contributed by atoms with Gasteiger partial charge >= 0.3 is 6.18 Å². The maximum atomic E-state index is 12.1. The number of halogens is 3. The molecule has 0 unspecified atom stereocenters. The van der Waals surface area contributed by atoms with Crippen LogP contribution in [0.4, 0.5) is 13.2 Å². The van der Waals surface area contributed by atoms with Crippen molar-refractivity contribution >= 4 is 0 Å². The molecular formula is C18H20F3N. The highest BCUT2D eigenvalue weighted by Gasteiger charge is 2.25. The second kappa shape index (κ2) is 7.49. The molecule has 1 nitrogen and oxygen atoms in total. The van der Waals surface area contributed by atoms with E-state index in [1.54, 1.807) is 6.08 Å². The van der Waals surface area contributed by atoms with E-state index in [0.717, 1.165) is 25.7 Å². The number of hydrogen-bond acceptors (Lipinski definition) is 1. The Morgan fingerprint density at radius 1 is 1.09 bits per heavy atom. The van der Waals surface area contributed by atoms with Crippen molar-refractivity contribution in [1.29, 1.82) is 5.26 Å². The van der Waals surface area contributed by atoms with Crippen molar-refractivity contribution in [3.8, 4) is 6.07 Å². The molecule has 1 saturated carbocycles. The van der Waals surface area contributed by atoms with Gasteiger partial charge in [0.15, 0.2) is 0 Å². The van der Waals surface area contributed by atoms with Crippen LogP contribution in [-0.4, -0.2) is 6.18 Å². The molecule has 1 aromatic rings. The standard InChI is InChI=1S/C18H20F3N/c19-18(20,21)12-2-1-3-14-4-8-16(9-5-14)17-10-6-15(13-22)7-11-17/h1,3,6-7,10-11,14,16H,2,4-5,8-9,12H2/b3-1+/t14-,16-. The Morgan fingerprint density at radius 3 is 2.27 bits per heavy atom. The third-order valence-corrected chi connectivity index (χ3v) is 4.29. The van der Waals surface area contributed by atoms with Crippen molar-refractivity contribution in [2.45, 2.75) is 50.6 Å². The fraction of sp³-hybridized carbons (Fsp3) is 0.500. The van der Waals surface area contributed by atoms with E-state index in [4.69, 9.17) is 5.26 Å². The number of alkyl halides is 3. The first-order valence-corrected chi connectivity index (χ1v) is 7.71. The summed E-state index contributed by atoms with van der Waals surface area (Å²) >= 11 is 0. The quantitative estimate of drug-likeness (QED) is 0.652. The lowest BCUT2D eigenvalue weighted by Gasteiger charge is -2.27. The molecule has 1 aliphatic rings. The number of nitriles is 1. The summed E-state index contributed by atoms with van der Waals surface area (Å²) in [7, 11) is 0. The normalized spacial score (nSPS) is 22.6. The Balaban J connectivity index is 1.78. The number of rotatable bonds is 4. The van der Waals surface area contributed by atoms with E-state index < -0.39 is 12.6 Å². The molecule has 0 atom stereocenters. The highest BCUT2D eigenvalue weighted by atomic mass is 19.4. The van der Waals surface area contributed by atoms with Gasteiger partial charge in [-0.25, -0.2) is 0 Å². The lowest BCUT2D eigenvalue weighted by Crippen LogP contribution is -2.12. The molecule has 22 heavy (non-hydrogen) atoms. The lowest BCUT2D eigenvalue weighted by atomic mass is 9.78. The summed E-state index contributed by atoms with van der Waals surface area (Å²) in [5, 5.41) is 8.80. The van der Waals surface area contributed by atoms with Crippen LogP contribution in [-0.2, 0) is 0 Å². The Bertz CT molecular complexity index is 529. The third-order valence-electron chi connectivity index (χ3n) is 4.29. The first-order chi connectivity index (χ1) is 10.5. The highest BCUT2D eigenvalue weighted by Crippen LogP contribution is 2.36. The van der Waals surface area contributed by atoms with Crippen LogP contribution in [0.3, 0.4) is 0 Å². The van der Waals surface area contributed by atoms with Gasteiger partial charge in [0.05, 0.1) is 11.6 Å². The van der Waals surface area contributed by atoms with Crippen molar-refractivity contribution in [2.75, 3.05) is 0 Å². The van der Waals surface area contributed by atoms with Crippen molar-refractivity contribution in [3.63, 3.8) is 0 Å². The largest absolute Gasteiger partial charge is 0.389 e. The molecule has 0 radical (unpaired) electrons. The van der Waals surface area contributed by atoms with Crippen LogP contribution in [0.1, 0.15) is 55.6 Å². The monoisotopic (exact) mass is 307 g/mol. The van der Waals surface area contributed by atoms with Crippen molar-refractivity contribution < 1.29 is 13.2 Å². The van der Waals surface area contributed by atoms with E-state index in [9.17, 15) is 13.2 Å². The van der Waals surface area contributed by atoms with Gasteiger partial charge < -0.3 is 0 Å². The molecule has 0 aliphatic heterocycles. The van der Waals surface area contributed by atoms with Crippen LogP contribution in [0, 0.1) is 17.2 Å². The smallest absolute Gasteiger partial charge is 0.192 e. The molecule has 1 aromatic carbocycles. The molecule has 2 rings (SSSR count). The molecule has 1 aliphatic carbocycles. The number of allylic oxidation sites excluding steroid dienone is 2. The Hall–Kier alpha value is -1.76. The van der Waals surface area contributed by atoms with Gasteiger partial charge in [-0.3, -0.25) is 0 Å². The Labute approximate surface area is 129 Å². The van der Waals surface area contributed by atoms with E-state index in [2.05, 4.69) is 6.07 Å².